The summed E-state index contributed by atoms with van der Waals surface area (Å²) in [6.45, 7) is 6.12. The van der Waals surface area contributed by atoms with Crippen molar-refractivity contribution >= 4 is 25.3 Å². The van der Waals surface area contributed by atoms with Gasteiger partial charge in [-0.15, -0.1) is 11.6 Å². The molecule has 39 heavy (non-hydrogen) atoms. The number of aliphatic hydroxyl groups excluding tert-OH is 1. The van der Waals surface area contributed by atoms with Crippen LogP contribution in [0.3, 0.4) is 0 Å². The van der Waals surface area contributed by atoms with Crippen molar-refractivity contribution in [1.82, 2.24) is 14.6 Å². The predicted molar refractivity (Wildman–Crippen MR) is 139 cm³/mol. The van der Waals surface area contributed by atoms with E-state index in [2.05, 4.69) is 5.09 Å². The fourth-order valence-corrected chi connectivity index (χ4v) is 6.12. The number of hydrogen-bond acceptors (Lipinski definition) is 9. The summed E-state index contributed by atoms with van der Waals surface area (Å²) >= 11 is 6.46. The van der Waals surface area contributed by atoms with Gasteiger partial charge in [-0.25, -0.2) is 13.8 Å². The van der Waals surface area contributed by atoms with Crippen LogP contribution < -0.4 is 20.9 Å². The second-order valence-corrected chi connectivity index (χ2v) is 12.2. The summed E-state index contributed by atoms with van der Waals surface area (Å²) in [5, 5.41) is 13.6. The number of alkyl halides is 2. The molecule has 15 heteroatoms. The van der Waals surface area contributed by atoms with Crippen molar-refractivity contribution < 1.29 is 37.4 Å². The van der Waals surface area contributed by atoms with Crippen molar-refractivity contribution in [2.24, 2.45) is 0 Å². The smallest absolute Gasteiger partial charge is 0.460 e. The average Bonchev–Trinajstić information content (AvgIpc) is 3.10. The number of nitrogens with one attached hydrogen (secondary N) is 2. The molecule has 2 aromatic rings. The quantitative estimate of drug-likeness (QED) is 0.201. The Balaban J connectivity index is 1.96. The van der Waals surface area contributed by atoms with Gasteiger partial charge in [0.05, 0.1) is 6.10 Å². The number of ether oxygens (including phenoxy) is 2. The van der Waals surface area contributed by atoms with Crippen molar-refractivity contribution in [2.75, 3.05) is 6.67 Å². The van der Waals surface area contributed by atoms with Crippen molar-refractivity contribution in [3.63, 3.8) is 0 Å². The van der Waals surface area contributed by atoms with Crippen LogP contribution in [0.4, 0.5) is 4.39 Å². The van der Waals surface area contributed by atoms with Gasteiger partial charge in [0.1, 0.15) is 41.1 Å². The number of H-pyrrole nitrogens is 1. The van der Waals surface area contributed by atoms with Crippen LogP contribution in [0, 0.1) is 0 Å². The third-order valence-corrected chi connectivity index (χ3v) is 8.22. The summed E-state index contributed by atoms with van der Waals surface area (Å²) in [4.78, 5) is 36.2. The number of carbonyl (C=O) groups is 1. The van der Waals surface area contributed by atoms with Crippen molar-refractivity contribution in [3.05, 3.63) is 63.4 Å². The molecule has 1 saturated heterocycles. The summed E-state index contributed by atoms with van der Waals surface area (Å²) in [5.74, 6) is -0.593. The summed E-state index contributed by atoms with van der Waals surface area (Å²) in [5.41, 5.74) is -3.38. The largest absolute Gasteiger partial charge is 0.462 e. The Morgan fingerprint density at radius 3 is 2.49 bits per heavy atom. The maximum atomic E-state index is 14.3. The fourth-order valence-electron chi connectivity index (χ4n) is 4.00. The minimum absolute atomic E-state index is 0.134. The molecule has 1 aromatic carbocycles. The first-order chi connectivity index (χ1) is 18.1. The zero-order valence-electron chi connectivity index (χ0n) is 22.0. The number of aliphatic hydroxyl groups is 1. The molecule has 1 aliphatic rings. The highest BCUT2D eigenvalue weighted by atomic mass is 35.5. The molecule has 2 heterocycles. The number of nitrogens with zero attached hydrogens (tertiary/aromatic N) is 1. The lowest BCUT2D eigenvalue weighted by atomic mass is 9.91. The number of esters is 1. The molecule has 3 rings (SSSR count). The number of benzene rings is 1. The van der Waals surface area contributed by atoms with E-state index in [1.165, 1.54) is 32.9 Å². The number of aromatic amines is 1. The summed E-state index contributed by atoms with van der Waals surface area (Å²) < 4.78 is 51.7. The summed E-state index contributed by atoms with van der Waals surface area (Å²) in [7, 11) is -4.45. The number of carbonyl (C=O) groups excluding carboxylic acids is 1. The van der Waals surface area contributed by atoms with Crippen molar-refractivity contribution in [2.45, 2.75) is 75.7 Å². The third-order valence-electron chi connectivity index (χ3n) is 5.84. The fraction of sp³-hybridized carbons (Fsp3) is 0.542. The Morgan fingerprint density at radius 2 is 1.92 bits per heavy atom. The lowest BCUT2D eigenvalue weighted by molar-refractivity contribution is -0.149. The van der Waals surface area contributed by atoms with Gasteiger partial charge < -0.3 is 19.1 Å². The first kappa shape index (κ1) is 31.0. The number of aromatic nitrogens is 2. The Bertz CT molecular complexity index is 1320. The van der Waals surface area contributed by atoms with Crippen LogP contribution in [-0.4, -0.2) is 62.1 Å². The molecule has 1 aromatic heterocycles. The zero-order chi connectivity index (χ0) is 29.2. The molecule has 0 bridgehead atoms. The maximum absolute atomic E-state index is 14.3. The van der Waals surface area contributed by atoms with Crippen molar-refractivity contribution in [1.29, 1.82) is 0 Å². The molecule has 0 spiro atoms. The minimum atomic E-state index is -4.45. The van der Waals surface area contributed by atoms with E-state index in [4.69, 9.17) is 30.1 Å². The average molecular weight is 592 g/mol. The normalized spacial score (nSPS) is 25.7. The van der Waals surface area contributed by atoms with Crippen molar-refractivity contribution in [3.8, 4) is 5.75 Å². The molecule has 0 radical (unpaired) electrons. The molecule has 3 N–H and O–H groups in total. The molecular formula is C24H32ClFN3O9P. The van der Waals surface area contributed by atoms with Gasteiger partial charge in [0.15, 0.2) is 6.23 Å². The Hall–Kier alpha value is -2.54. The van der Waals surface area contributed by atoms with E-state index in [9.17, 15) is 28.4 Å². The SMILES string of the molecule is CC(C)OC(=O)[C@H](C)N[P@@](=O)(Oc1ccccc1)OC(C)(C)[C@H]1O[C@@H](n2ccc(=O)[nH]c2=O)[C@@](Cl)(CF)C1O. The van der Waals surface area contributed by atoms with Gasteiger partial charge in [-0.3, -0.25) is 23.7 Å². The van der Waals surface area contributed by atoms with Crippen LogP contribution in [0.1, 0.15) is 40.8 Å². The summed E-state index contributed by atoms with van der Waals surface area (Å²) in [6, 6.07) is 7.82. The highest BCUT2D eigenvalue weighted by molar-refractivity contribution is 7.52. The number of rotatable bonds is 11. The van der Waals surface area contributed by atoms with Gasteiger partial charge in [-0.05, 0) is 46.8 Å². The van der Waals surface area contributed by atoms with E-state index in [-0.39, 0.29) is 5.75 Å². The first-order valence-electron chi connectivity index (χ1n) is 12.1. The van der Waals surface area contributed by atoms with Crippen LogP contribution >= 0.6 is 19.3 Å². The third kappa shape index (κ3) is 6.97. The Labute approximate surface area is 229 Å². The Morgan fingerprint density at radius 1 is 1.28 bits per heavy atom. The highest BCUT2D eigenvalue weighted by Crippen LogP contribution is 2.53. The predicted octanol–water partition coefficient (Wildman–Crippen LogP) is 2.65. The van der Waals surface area contributed by atoms with Crippen LogP contribution in [0.2, 0.25) is 0 Å². The standard InChI is InChI=1S/C24H32ClFN3O9P/c1-14(2)35-20(32)15(3)28-39(34,37-16-9-7-6-8-10-16)38-23(4,5)19-18(31)24(25,13-26)21(36-19)29-12-11-17(30)27-22(29)33/h6-12,14-15,18-19,21,31H,13H2,1-5H3,(H,28,34)(H,27,30,33)/t15-,18?,19-,21+,24+,39+/m0/s1. The van der Waals surface area contributed by atoms with Crippen LogP contribution in [0.25, 0.3) is 0 Å². The number of hydrogen-bond donors (Lipinski definition) is 3. The molecule has 1 unspecified atom stereocenters. The van der Waals surface area contributed by atoms with Gasteiger partial charge in [-0.2, -0.15) is 5.09 Å². The number of para-hydroxylation sites is 1. The Kier molecular flexibility index (Phi) is 9.47. The van der Waals surface area contributed by atoms with E-state index >= 15 is 0 Å². The zero-order valence-corrected chi connectivity index (χ0v) is 23.6. The van der Waals surface area contributed by atoms with Gasteiger partial charge in [-0.1, -0.05) is 18.2 Å². The first-order valence-corrected chi connectivity index (χ1v) is 14.0. The van der Waals surface area contributed by atoms with E-state index in [0.717, 1.165) is 16.8 Å². The van der Waals surface area contributed by atoms with E-state index in [1.807, 2.05) is 4.98 Å². The molecule has 0 amide bonds. The second kappa shape index (κ2) is 11.9. The van der Waals surface area contributed by atoms with Crippen LogP contribution in [-0.2, 0) is 23.4 Å². The van der Waals surface area contributed by atoms with E-state index < -0.39 is 72.7 Å². The topological polar surface area (TPSA) is 158 Å². The lowest BCUT2D eigenvalue weighted by Crippen LogP contribution is -2.51. The van der Waals surface area contributed by atoms with Gasteiger partial charge in [0.25, 0.3) is 5.56 Å². The molecule has 0 saturated carbocycles. The molecule has 1 fully saturated rings. The lowest BCUT2D eigenvalue weighted by Gasteiger charge is -2.36. The molecule has 216 valence electrons. The second-order valence-electron chi connectivity index (χ2n) is 9.86. The van der Waals surface area contributed by atoms with Crippen LogP contribution in [0.15, 0.2) is 52.2 Å². The molecule has 0 aliphatic carbocycles. The number of halogens is 2. The van der Waals surface area contributed by atoms with E-state index in [0.29, 0.717) is 0 Å². The summed E-state index contributed by atoms with van der Waals surface area (Å²) in [6.07, 6.45) is -4.24. The maximum Gasteiger partial charge on any atom is 0.460 e. The monoisotopic (exact) mass is 591 g/mol. The molecule has 1 aliphatic heterocycles. The molecule has 12 nitrogen and oxygen atoms in total. The van der Waals surface area contributed by atoms with E-state index in [1.54, 1.807) is 32.0 Å². The molecule has 6 atom stereocenters. The van der Waals surface area contributed by atoms with Gasteiger partial charge >= 0.3 is 19.4 Å². The van der Waals surface area contributed by atoms with Crippen LogP contribution in [0.5, 0.6) is 5.75 Å². The highest BCUT2D eigenvalue weighted by Gasteiger charge is 2.62. The van der Waals surface area contributed by atoms with Gasteiger partial charge in [0.2, 0.25) is 0 Å². The molecular weight excluding hydrogens is 560 g/mol. The minimum Gasteiger partial charge on any atom is -0.462 e. The van der Waals surface area contributed by atoms with Gasteiger partial charge in [0, 0.05) is 12.3 Å².